The molecule has 0 radical (unpaired) electrons. The number of ether oxygens (including phenoxy) is 1. The number of fused-ring (bicyclic) bond motifs is 1. The van der Waals surface area contributed by atoms with Crippen molar-refractivity contribution in [3.8, 4) is 5.75 Å². The molecule has 0 saturated carbocycles. The zero-order chi connectivity index (χ0) is 23.7. The minimum absolute atomic E-state index is 0.177. The Morgan fingerprint density at radius 1 is 1.00 bits per heavy atom. The van der Waals surface area contributed by atoms with Gasteiger partial charge in [0.25, 0.3) is 11.8 Å². The number of hydrogen-bond acceptors (Lipinski definition) is 4. The highest BCUT2D eigenvalue weighted by Crippen LogP contribution is 2.31. The summed E-state index contributed by atoms with van der Waals surface area (Å²) in [6.07, 6.45) is 0. The van der Waals surface area contributed by atoms with E-state index in [4.69, 9.17) is 20.8 Å². The van der Waals surface area contributed by atoms with Gasteiger partial charge in [-0.1, -0.05) is 29.8 Å². The number of methoxy groups -OCH3 is 1. The largest absolute Gasteiger partial charge is 0.495 e. The van der Waals surface area contributed by atoms with E-state index in [2.05, 4.69) is 10.6 Å². The second kappa shape index (κ2) is 8.96. The molecule has 0 aliphatic heterocycles. The summed E-state index contributed by atoms with van der Waals surface area (Å²) in [5, 5.41) is 6.43. The van der Waals surface area contributed by atoms with Crippen molar-refractivity contribution in [2.45, 2.75) is 13.8 Å². The van der Waals surface area contributed by atoms with E-state index in [9.17, 15) is 14.0 Å². The van der Waals surface area contributed by atoms with Gasteiger partial charge in [0, 0.05) is 21.7 Å². The number of hydrogen-bond donors (Lipinski definition) is 2. The maximum absolute atomic E-state index is 14.1. The SMILES string of the molecule is COc1ccc(NC(=O)c2oc3c(C)cccc3c2C)cc1NC(=O)c1ccc(Cl)cc1F. The molecule has 4 aromatic rings. The van der Waals surface area contributed by atoms with E-state index in [0.29, 0.717) is 17.0 Å². The Balaban J connectivity index is 1.60. The van der Waals surface area contributed by atoms with Gasteiger partial charge < -0.3 is 19.8 Å². The van der Waals surface area contributed by atoms with E-state index in [1.54, 1.807) is 12.1 Å². The molecule has 2 amide bonds. The first-order valence-electron chi connectivity index (χ1n) is 10.0. The second-order valence-corrected chi connectivity index (χ2v) is 7.89. The van der Waals surface area contributed by atoms with Crippen molar-refractivity contribution in [2.24, 2.45) is 0 Å². The number of carbonyl (C=O) groups excluding carboxylic acids is 2. The summed E-state index contributed by atoms with van der Waals surface area (Å²) in [4.78, 5) is 25.5. The van der Waals surface area contributed by atoms with Crippen LogP contribution in [0.3, 0.4) is 0 Å². The number of nitrogens with one attached hydrogen (secondary N) is 2. The zero-order valence-electron chi connectivity index (χ0n) is 18.1. The standard InChI is InChI=1S/C25H20ClFN2O4/c1-13-5-4-6-17-14(2)23(33-22(13)17)25(31)28-16-8-10-21(32-3)20(12-16)29-24(30)18-9-7-15(26)11-19(18)27/h4-12H,1-3H3,(H,28,31)(H,29,30). The molecule has 1 aromatic heterocycles. The smallest absolute Gasteiger partial charge is 0.291 e. The number of para-hydroxylation sites is 1. The Bertz CT molecular complexity index is 1400. The van der Waals surface area contributed by atoms with Gasteiger partial charge >= 0.3 is 0 Å². The molecule has 0 spiro atoms. The van der Waals surface area contributed by atoms with E-state index in [1.165, 1.54) is 25.3 Å². The lowest BCUT2D eigenvalue weighted by Crippen LogP contribution is -2.16. The van der Waals surface area contributed by atoms with Crippen molar-refractivity contribution < 1.29 is 23.1 Å². The van der Waals surface area contributed by atoms with Gasteiger partial charge in [-0.15, -0.1) is 0 Å². The summed E-state index contributed by atoms with van der Waals surface area (Å²) >= 11 is 5.76. The van der Waals surface area contributed by atoms with E-state index in [0.717, 1.165) is 22.6 Å². The van der Waals surface area contributed by atoms with E-state index in [-0.39, 0.29) is 22.0 Å². The minimum atomic E-state index is -0.751. The highest BCUT2D eigenvalue weighted by Gasteiger charge is 2.20. The molecule has 0 unspecified atom stereocenters. The number of aryl methyl sites for hydroxylation is 2. The van der Waals surface area contributed by atoms with Gasteiger partial charge in [0.2, 0.25) is 0 Å². The predicted octanol–water partition coefficient (Wildman–Crippen LogP) is 6.36. The number of halogens is 2. The second-order valence-electron chi connectivity index (χ2n) is 7.46. The van der Waals surface area contributed by atoms with Crippen LogP contribution >= 0.6 is 11.6 Å². The molecule has 168 valence electrons. The third-order valence-corrected chi connectivity index (χ3v) is 5.48. The topological polar surface area (TPSA) is 80.6 Å². The van der Waals surface area contributed by atoms with Gasteiger partial charge in [-0.2, -0.15) is 0 Å². The Hall–Kier alpha value is -3.84. The molecule has 4 rings (SSSR count). The fourth-order valence-electron chi connectivity index (χ4n) is 3.54. The highest BCUT2D eigenvalue weighted by atomic mass is 35.5. The van der Waals surface area contributed by atoms with Crippen molar-refractivity contribution in [3.05, 3.63) is 87.9 Å². The molecule has 2 N–H and O–H groups in total. The molecule has 8 heteroatoms. The first kappa shape index (κ1) is 22.4. The molecule has 0 atom stereocenters. The molecule has 0 fully saturated rings. The maximum atomic E-state index is 14.1. The summed E-state index contributed by atoms with van der Waals surface area (Å²) in [6.45, 7) is 3.73. The summed E-state index contributed by atoms with van der Waals surface area (Å²) < 4.78 is 25.2. The number of rotatable bonds is 5. The van der Waals surface area contributed by atoms with Crippen LogP contribution in [-0.2, 0) is 0 Å². The third-order valence-electron chi connectivity index (χ3n) is 5.25. The van der Waals surface area contributed by atoms with Gasteiger partial charge in [-0.3, -0.25) is 9.59 Å². The molecular formula is C25H20ClFN2O4. The van der Waals surface area contributed by atoms with Crippen molar-refractivity contribution in [3.63, 3.8) is 0 Å². The lowest BCUT2D eigenvalue weighted by atomic mass is 10.1. The molecule has 0 aliphatic carbocycles. The van der Waals surface area contributed by atoms with Gasteiger partial charge in [0.1, 0.15) is 17.1 Å². The number of furan rings is 1. The maximum Gasteiger partial charge on any atom is 0.291 e. The number of anilines is 2. The van der Waals surface area contributed by atoms with Gasteiger partial charge in [0.15, 0.2) is 5.76 Å². The van der Waals surface area contributed by atoms with Crippen LogP contribution in [0, 0.1) is 19.7 Å². The van der Waals surface area contributed by atoms with Crippen LogP contribution in [0.1, 0.15) is 32.0 Å². The number of benzene rings is 3. The van der Waals surface area contributed by atoms with Gasteiger partial charge in [0.05, 0.1) is 18.4 Å². The molecule has 0 aliphatic rings. The number of carbonyl (C=O) groups is 2. The van der Waals surface area contributed by atoms with Crippen LogP contribution in [-0.4, -0.2) is 18.9 Å². The fourth-order valence-corrected chi connectivity index (χ4v) is 3.69. The molecule has 0 saturated heterocycles. The molecular weight excluding hydrogens is 447 g/mol. The average Bonchev–Trinajstić information content (AvgIpc) is 3.12. The van der Waals surface area contributed by atoms with Gasteiger partial charge in [-0.25, -0.2) is 4.39 Å². The Morgan fingerprint density at radius 3 is 2.48 bits per heavy atom. The zero-order valence-corrected chi connectivity index (χ0v) is 18.8. The van der Waals surface area contributed by atoms with Crippen molar-refractivity contribution in [1.82, 2.24) is 0 Å². The van der Waals surface area contributed by atoms with Crippen LogP contribution in [0.5, 0.6) is 5.75 Å². The quantitative estimate of drug-likeness (QED) is 0.359. The monoisotopic (exact) mass is 466 g/mol. The Labute approximate surface area is 194 Å². The molecule has 0 bridgehead atoms. The highest BCUT2D eigenvalue weighted by molar-refractivity contribution is 6.30. The first-order chi connectivity index (χ1) is 15.8. The van der Waals surface area contributed by atoms with E-state index >= 15 is 0 Å². The Morgan fingerprint density at radius 2 is 1.79 bits per heavy atom. The molecule has 33 heavy (non-hydrogen) atoms. The molecule has 3 aromatic carbocycles. The van der Waals surface area contributed by atoms with Crippen molar-refractivity contribution in [1.29, 1.82) is 0 Å². The average molecular weight is 467 g/mol. The van der Waals surface area contributed by atoms with Crippen LogP contribution in [0.25, 0.3) is 11.0 Å². The van der Waals surface area contributed by atoms with Crippen LogP contribution in [0.2, 0.25) is 5.02 Å². The lowest BCUT2D eigenvalue weighted by Gasteiger charge is -2.13. The lowest BCUT2D eigenvalue weighted by molar-refractivity contribution is 0.0995. The minimum Gasteiger partial charge on any atom is -0.495 e. The first-order valence-corrected chi connectivity index (χ1v) is 10.4. The van der Waals surface area contributed by atoms with Crippen molar-refractivity contribution >= 4 is 45.8 Å². The summed E-state index contributed by atoms with van der Waals surface area (Å²) in [7, 11) is 1.44. The fraction of sp³-hybridized carbons (Fsp3) is 0.120. The van der Waals surface area contributed by atoms with E-state index < -0.39 is 17.6 Å². The summed E-state index contributed by atoms with van der Waals surface area (Å²) in [5.41, 5.74) is 2.79. The molecule has 1 heterocycles. The number of amides is 2. The summed E-state index contributed by atoms with van der Waals surface area (Å²) in [5.74, 6) is -1.34. The summed E-state index contributed by atoms with van der Waals surface area (Å²) in [6, 6.07) is 14.2. The van der Waals surface area contributed by atoms with Crippen LogP contribution < -0.4 is 15.4 Å². The Kier molecular flexibility index (Phi) is 6.07. The third kappa shape index (κ3) is 4.40. The predicted molar refractivity (Wildman–Crippen MR) is 126 cm³/mol. The van der Waals surface area contributed by atoms with Crippen molar-refractivity contribution in [2.75, 3.05) is 17.7 Å². The van der Waals surface area contributed by atoms with Crippen LogP contribution in [0.15, 0.2) is 59.0 Å². The molecule has 6 nitrogen and oxygen atoms in total. The van der Waals surface area contributed by atoms with Crippen LogP contribution in [0.4, 0.5) is 15.8 Å². The van der Waals surface area contributed by atoms with E-state index in [1.807, 2.05) is 32.0 Å². The normalized spacial score (nSPS) is 10.8. The van der Waals surface area contributed by atoms with Gasteiger partial charge in [-0.05, 0) is 55.8 Å².